The Labute approximate surface area is 100 Å². The van der Waals surface area contributed by atoms with Crippen molar-refractivity contribution in [2.24, 2.45) is 0 Å². The molecule has 1 aromatic carbocycles. The Hall–Kier alpha value is -1.87. The van der Waals surface area contributed by atoms with E-state index in [1.165, 1.54) is 6.08 Å². The van der Waals surface area contributed by atoms with Crippen LogP contribution in [0, 0.1) is 0 Å². The summed E-state index contributed by atoms with van der Waals surface area (Å²) in [4.78, 5) is 11.2. The van der Waals surface area contributed by atoms with E-state index in [2.05, 4.69) is 0 Å². The van der Waals surface area contributed by atoms with Crippen molar-refractivity contribution in [3.8, 4) is 0 Å². The lowest BCUT2D eigenvalue weighted by molar-refractivity contribution is -0.138. The standard InChI is InChI=1S/C14H14O3/c15-14(17-11-13-10-16-13)9-5-4-8-12-6-2-1-3-7-12/h1-9,13H,10-11H2/b8-4+,9-5+. The van der Waals surface area contributed by atoms with Crippen molar-refractivity contribution in [1.29, 1.82) is 0 Å². The first-order valence-corrected chi connectivity index (χ1v) is 5.53. The maximum absolute atomic E-state index is 11.2. The van der Waals surface area contributed by atoms with Gasteiger partial charge in [-0.3, -0.25) is 0 Å². The van der Waals surface area contributed by atoms with Crippen LogP contribution >= 0.6 is 0 Å². The predicted octanol–water partition coefficient (Wildman–Crippen LogP) is 2.20. The van der Waals surface area contributed by atoms with Gasteiger partial charge in [0.1, 0.15) is 12.7 Å². The van der Waals surface area contributed by atoms with Crippen LogP contribution in [-0.4, -0.2) is 25.3 Å². The number of carbonyl (C=O) groups is 1. The monoisotopic (exact) mass is 230 g/mol. The summed E-state index contributed by atoms with van der Waals surface area (Å²) in [5, 5.41) is 0. The number of hydrogen-bond acceptors (Lipinski definition) is 3. The average Bonchev–Trinajstić information content (AvgIpc) is 3.17. The summed E-state index contributed by atoms with van der Waals surface area (Å²) in [6.07, 6.45) is 6.93. The fourth-order valence-corrected chi connectivity index (χ4v) is 1.25. The smallest absolute Gasteiger partial charge is 0.330 e. The van der Waals surface area contributed by atoms with Gasteiger partial charge in [-0.05, 0) is 5.56 Å². The fraction of sp³-hybridized carbons (Fsp3) is 0.214. The summed E-state index contributed by atoms with van der Waals surface area (Å²) in [5.41, 5.74) is 1.09. The van der Waals surface area contributed by atoms with E-state index in [0.29, 0.717) is 13.2 Å². The SMILES string of the molecule is O=C(/C=C/C=C/c1ccccc1)OCC1CO1. The molecule has 0 amide bonds. The van der Waals surface area contributed by atoms with Crippen LogP contribution < -0.4 is 0 Å². The molecule has 1 unspecified atom stereocenters. The minimum atomic E-state index is -0.335. The van der Waals surface area contributed by atoms with Gasteiger partial charge in [-0.25, -0.2) is 4.79 Å². The van der Waals surface area contributed by atoms with Gasteiger partial charge in [0.25, 0.3) is 0 Å². The third-order valence-electron chi connectivity index (χ3n) is 2.25. The lowest BCUT2D eigenvalue weighted by atomic mass is 10.2. The van der Waals surface area contributed by atoms with E-state index in [1.807, 2.05) is 42.5 Å². The molecule has 17 heavy (non-hydrogen) atoms. The van der Waals surface area contributed by atoms with Crippen LogP contribution in [0.25, 0.3) is 6.08 Å². The second-order valence-corrected chi connectivity index (χ2v) is 3.71. The van der Waals surface area contributed by atoms with Gasteiger partial charge >= 0.3 is 5.97 Å². The lowest BCUT2D eigenvalue weighted by Crippen LogP contribution is -2.06. The van der Waals surface area contributed by atoms with Crippen LogP contribution in [0.15, 0.2) is 48.6 Å². The highest BCUT2D eigenvalue weighted by molar-refractivity contribution is 5.82. The second-order valence-electron chi connectivity index (χ2n) is 3.71. The van der Waals surface area contributed by atoms with Gasteiger partial charge in [-0.1, -0.05) is 48.6 Å². The van der Waals surface area contributed by atoms with Gasteiger partial charge in [0.05, 0.1) is 6.61 Å². The van der Waals surface area contributed by atoms with Crippen LogP contribution in [0.5, 0.6) is 0 Å². The van der Waals surface area contributed by atoms with Crippen molar-refractivity contribution in [1.82, 2.24) is 0 Å². The van der Waals surface area contributed by atoms with Gasteiger partial charge in [0.2, 0.25) is 0 Å². The maximum Gasteiger partial charge on any atom is 0.330 e. The van der Waals surface area contributed by atoms with Crippen LogP contribution in [0.4, 0.5) is 0 Å². The van der Waals surface area contributed by atoms with Gasteiger partial charge in [-0.2, -0.15) is 0 Å². The van der Waals surface area contributed by atoms with Crippen LogP contribution in [0.2, 0.25) is 0 Å². The minimum absolute atomic E-state index is 0.118. The van der Waals surface area contributed by atoms with Gasteiger partial charge in [0, 0.05) is 6.08 Å². The number of carbonyl (C=O) groups excluding carboxylic acids is 1. The molecule has 2 rings (SSSR count). The first kappa shape index (κ1) is 11.6. The van der Waals surface area contributed by atoms with Crippen molar-refractivity contribution in [2.45, 2.75) is 6.10 Å². The van der Waals surface area contributed by atoms with E-state index in [0.717, 1.165) is 5.56 Å². The maximum atomic E-state index is 11.2. The average molecular weight is 230 g/mol. The number of hydrogen-bond donors (Lipinski definition) is 0. The van der Waals surface area contributed by atoms with Crippen molar-refractivity contribution >= 4 is 12.0 Å². The van der Waals surface area contributed by atoms with Gasteiger partial charge in [0.15, 0.2) is 0 Å². The van der Waals surface area contributed by atoms with Crippen LogP contribution in [-0.2, 0) is 14.3 Å². The Bertz CT molecular complexity index is 416. The summed E-state index contributed by atoms with van der Waals surface area (Å²) in [7, 11) is 0. The molecule has 1 atom stereocenters. The number of benzene rings is 1. The molecule has 1 aliphatic heterocycles. The molecule has 0 aliphatic carbocycles. The molecule has 3 nitrogen and oxygen atoms in total. The molecular formula is C14H14O3. The van der Waals surface area contributed by atoms with E-state index >= 15 is 0 Å². The Morgan fingerprint density at radius 3 is 2.82 bits per heavy atom. The first-order valence-electron chi connectivity index (χ1n) is 5.53. The minimum Gasteiger partial charge on any atom is -0.460 e. The Kier molecular flexibility index (Phi) is 4.11. The molecule has 0 aromatic heterocycles. The van der Waals surface area contributed by atoms with E-state index in [4.69, 9.17) is 9.47 Å². The molecule has 1 fully saturated rings. The highest BCUT2D eigenvalue weighted by Crippen LogP contribution is 2.08. The second kappa shape index (κ2) is 6.01. The quantitative estimate of drug-likeness (QED) is 0.337. The summed E-state index contributed by atoms with van der Waals surface area (Å²) >= 11 is 0. The number of rotatable bonds is 5. The van der Waals surface area contributed by atoms with Gasteiger partial charge in [-0.15, -0.1) is 0 Å². The molecule has 3 heteroatoms. The number of allylic oxidation sites excluding steroid dienone is 2. The molecule has 0 saturated carbocycles. The van der Waals surface area contributed by atoms with E-state index in [-0.39, 0.29) is 12.1 Å². The molecule has 1 saturated heterocycles. The molecule has 0 spiro atoms. The summed E-state index contributed by atoms with van der Waals surface area (Å²) < 4.78 is 9.86. The number of epoxide rings is 1. The molecule has 1 heterocycles. The summed E-state index contributed by atoms with van der Waals surface area (Å²) in [6.45, 7) is 1.05. The first-order chi connectivity index (χ1) is 8.34. The topological polar surface area (TPSA) is 38.8 Å². The molecule has 0 bridgehead atoms. The zero-order valence-corrected chi connectivity index (χ0v) is 9.41. The zero-order chi connectivity index (χ0) is 11.9. The summed E-state index contributed by atoms with van der Waals surface area (Å²) in [6, 6.07) is 9.88. The Balaban J connectivity index is 1.72. The number of ether oxygens (including phenoxy) is 2. The third kappa shape index (κ3) is 4.66. The number of esters is 1. The lowest BCUT2D eigenvalue weighted by Gasteiger charge is -1.95. The van der Waals surface area contributed by atoms with Crippen molar-refractivity contribution in [3.63, 3.8) is 0 Å². The molecule has 88 valence electrons. The Morgan fingerprint density at radius 2 is 2.12 bits per heavy atom. The highest BCUT2D eigenvalue weighted by atomic mass is 16.6. The van der Waals surface area contributed by atoms with Crippen LogP contribution in [0.3, 0.4) is 0 Å². The predicted molar refractivity (Wildman–Crippen MR) is 65.3 cm³/mol. The van der Waals surface area contributed by atoms with Crippen molar-refractivity contribution < 1.29 is 14.3 Å². The molecule has 1 aliphatic rings. The van der Waals surface area contributed by atoms with Gasteiger partial charge < -0.3 is 9.47 Å². The molecular weight excluding hydrogens is 216 g/mol. The third-order valence-corrected chi connectivity index (χ3v) is 2.25. The van der Waals surface area contributed by atoms with E-state index in [9.17, 15) is 4.79 Å². The Morgan fingerprint density at radius 1 is 1.35 bits per heavy atom. The van der Waals surface area contributed by atoms with Crippen molar-refractivity contribution in [3.05, 3.63) is 54.1 Å². The molecule has 0 radical (unpaired) electrons. The molecule has 1 aromatic rings. The summed E-state index contributed by atoms with van der Waals surface area (Å²) in [5.74, 6) is -0.335. The molecule has 0 N–H and O–H groups in total. The van der Waals surface area contributed by atoms with Crippen molar-refractivity contribution in [2.75, 3.05) is 13.2 Å². The zero-order valence-electron chi connectivity index (χ0n) is 9.41. The van der Waals surface area contributed by atoms with Crippen LogP contribution in [0.1, 0.15) is 5.56 Å². The van der Waals surface area contributed by atoms with E-state index < -0.39 is 0 Å². The highest BCUT2D eigenvalue weighted by Gasteiger charge is 2.23. The van der Waals surface area contributed by atoms with E-state index in [1.54, 1.807) is 6.08 Å². The fourth-order valence-electron chi connectivity index (χ4n) is 1.25. The normalized spacial score (nSPS) is 18.7. The largest absolute Gasteiger partial charge is 0.460 e.